The van der Waals surface area contributed by atoms with Gasteiger partial charge in [-0.25, -0.2) is 9.78 Å². The lowest BCUT2D eigenvalue weighted by molar-refractivity contribution is -0.116. The molecule has 2 N–H and O–H groups in total. The Hall–Kier alpha value is -2.35. The third-order valence-electron chi connectivity index (χ3n) is 1.73. The number of terminal acetylenes is 1. The third-order valence-corrected chi connectivity index (χ3v) is 1.73. The molecule has 1 rings (SSSR count). The molecule has 0 spiro atoms. The molecule has 0 bridgehead atoms. The van der Waals surface area contributed by atoms with Crippen LogP contribution < -0.4 is 5.32 Å². The number of carbonyl (C=O) groups excluding carboxylic acids is 1. The summed E-state index contributed by atoms with van der Waals surface area (Å²) in [7, 11) is 0. The molecule has 1 amide bonds. The van der Waals surface area contributed by atoms with E-state index in [1.807, 2.05) is 0 Å². The third kappa shape index (κ3) is 3.42. The van der Waals surface area contributed by atoms with Crippen LogP contribution in [0.4, 0.5) is 5.82 Å². The Kier molecular flexibility index (Phi) is 4.04. The lowest BCUT2D eigenvalue weighted by Crippen LogP contribution is -2.13. The molecule has 16 heavy (non-hydrogen) atoms. The number of amides is 1. The van der Waals surface area contributed by atoms with Crippen molar-refractivity contribution in [2.45, 2.75) is 12.8 Å². The lowest BCUT2D eigenvalue weighted by Gasteiger charge is -2.03. The summed E-state index contributed by atoms with van der Waals surface area (Å²) < 4.78 is 0. The summed E-state index contributed by atoms with van der Waals surface area (Å²) in [5, 5.41) is 11.1. The number of aromatic carboxylic acids is 1. The Balaban J connectivity index is 2.67. The summed E-state index contributed by atoms with van der Waals surface area (Å²) >= 11 is 0. The fourth-order valence-electron chi connectivity index (χ4n) is 1.01. The van der Waals surface area contributed by atoms with Gasteiger partial charge in [-0.05, 0) is 12.1 Å². The molecular weight excluding hydrogens is 208 g/mol. The van der Waals surface area contributed by atoms with E-state index in [-0.39, 0.29) is 23.8 Å². The summed E-state index contributed by atoms with van der Waals surface area (Å²) in [6.07, 6.45) is 5.54. The van der Waals surface area contributed by atoms with Gasteiger partial charge in [0.15, 0.2) is 5.69 Å². The van der Waals surface area contributed by atoms with Crippen LogP contribution in [0.2, 0.25) is 0 Å². The van der Waals surface area contributed by atoms with Crippen LogP contribution in [0.1, 0.15) is 23.3 Å². The lowest BCUT2D eigenvalue weighted by atomic mass is 10.3. The second-order valence-corrected chi connectivity index (χ2v) is 2.97. The normalized spacial score (nSPS) is 9.19. The van der Waals surface area contributed by atoms with Gasteiger partial charge in [-0.2, -0.15) is 0 Å². The predicted molar refractivity (Wildman–Crippen MR) is 57.9 cm³/mol. The maximum Gasteiger partial charge on any atom is 0.354 e. The van der Waals surface area contributed by atoms with E-state index in [1.54, 1.807) is 0 Å². The number of anilines is 1. The zero-order chi connectivity index (χ0) is 12.0. The smallest absolute Gasteiger partial charge is 0.354 e. The summed E-state index contributed by atoms with van der Waals surface area (Å²) in [5.41, 5.74) is -0.116. The quantitative estimate of drug-likeness (QED) is 0.742. The van der Waals surface area contributed by atoms with Gasteiger partial charge in [-0.3, -0.25) is 4.79 Å². The van der Waals surface area contributed by atoms with Crippen LogP contribution in [0.25, 0.3) is 0 Å². The fraction of sp³-hybridized carbons (Fsp3) is 0.182. The van der Waals surface area contributed by atoms with Crippen molar-refractivity contribution < 1.29 is 14.7 Å². The van der Waals surface area contributed by atoms with Crippen molar-refractivity contribution in [3.63, 3.8) is 0 Å². The first-order chi connectivity index (χ1) is 7.63. The zero-order valence-electron chi connectivity index (χ0n) is 8.43. The Morgan fingerprint density at radius 1 is 1.50 bits per heavy atom. The molecule has 0 aliphatic carbocycles. The van der Waals surface area contributed by atoms with Crippen LogP contribution in [0.3, 0.4) is 0 Å². The summed E-state index contributed by atoms with van der Waals surface area (Å²) in [4.78, 5) is 25.6. The number of pyridine rings is 1. The first-order valence-corrected chi connectivity index (χ1v) is 4.57. The van der Waals surface area contributed by atoms with Gasteiger partial charge in [-0.15, -0.1) is 12.3 Å². The minimum absolute atomic E-state index is 0.116. The highest BCUT2D eigenvalue weighted by atomic mass is 16.4. The topological polar surface area (TPSA) is 79.3 Å². The largest absolute Gasteiger partial charge is 0.477 e. The number of rotatable bonds is 4. The summed E-state index contributed by atoms with van der Waals surface area (Å²) in [5.74, 6) is 1.13. The van der Waals surface area contributed by atoms with Gasteiger partial charge < -0.3 is 10.4 Å². The molecule has 82 valence electrons. The molecular formula is C11H10N2O3. The highest BCUT2D eigenvalue weighted by Crippen LogP contribution is 2.05. The number of nitrogens with zero attached hydrogens (tertiary/aromatic N) is 1. The molecule has 0 aromatic carbocycles. The van der Waals surface area contributed by atoms with Crippen LogP contribution in [-0.4, -0.2) is 22.0 Å². The minimum atomic E-state index is -1.14. The standard InChI is InChI=1S/C11H10N2O3/c1-2-3-7-10(14)13-9-6-4-5-8(12-9)11(15)16/h1,4-6H,3,7H2,(H,15,16)(H,12,13,14). The molecule has 0 atom stereocenters. The van der Waals surface area contributed by atoms with Crippen molar-refractivity contribution >= 4 is 17.7 Å². The Morgan fingerprint density at radius 3 is 2.88 bits per heavy atom. The number of carboxylic acid groups (broad SMARTS) is 1. The maximum atomic E-state index is 11.3. The minimum Gasteiger partial charge on any atom is -0.477 e. The van der Waals surface area contributed by atoms with Crippen molar-refractivity contribution in [1.29, 1.82) is 0 Å². The molecule has 0 fully saturated rings. The molecule has 5 heteroatoms. The average molecular weight is 218 g/mol. The van der Waals surface area contributed by atoms with Crippen molar-refractivity contribution in [2.75, 3.05) is 5.32 Å². The first-order valence-electron chi connectivity index (χ1n) is 4.57. The molecule has 0 unspecified atom stereocenters. The predicted octanol–water partition coefficient (Wildman–Crippen LogP) is 1.13. The molecule has 1 aromatic rings. The van der Waals surface area contributed by atoms with Crippen LogP contribution in [0.15, 0.2) is 18.2 Å². The molecule has 0 aliphatic rings. The van der Waals surface area contributed by atoms with E-state index in [2.05, 4.69) is 16.2 Å². The highest BCUT2D eigenvalue weighted by molar-refractivity contribution is 5.91. The van der Waals surface area contributed by atoms with Gasteiger partial charge >= 0.3 is 5.97 Å². The van der Waals surface area contributed by atoms with Gasteiger partial charge in [0, 0.05) is 12.8 Å². The average Bonchev–Trinajstić information content (AvgIpc) is 2.26. The summed E-state index contributed by atoms with van der Waals surface area (Å²) in [6.45, 7) is 0. The van der Waals surface area contributed by atoms with Crippen molar-refractivity contribution in [1.82, 2.24) is 4.98 Å². The van der Waals surface area contributed by atoms with Crippen molar-refractivity contribution in [3.8, 4) is 12.3 Å². The van der Waals surface area contributed by atoms with Crippen molar-refractivity contribution in [3.05, 3.63) is 23.9 Å². The van der Waals surface area contributed by atoms with E-state index in [0.29, 0.717) is 6.42 Å². The van der Waals surface area contributed by atoms with E-state index in [0.717, 1.165) is 0 Å². The number of carbonyl (C=O) groups is 2. The van der Waals surface area contributed by atoms with Crippen molar-refractivity contribution in [2.24, 2.45) is 0 Å². The Labute approximate surface area is 92.5 Å². The van der Waals surface area contributed by atoms with Gasteiger partial charge in [0.25, 0.3) is 0 Å². The first kappa shape index (κ1) is 11.7. The Morgan fingerprint density at radius 2 is 2.25 bits per heavy atom. The molecule has 5 nitrogen and oxygen atoms in total. The number of nitrogens with one attached hydrogen (secondary N) is 1. The van der Waals surface area contributed by atoms with Gasteiger partial charge in [0.05, 0.1) is 0 Å². The van der Waals surface area contributed by atoms with Gasteiger partial charge in [-0.1, -0.05) is 6.07 Å². The Bertz CT molecular complexity index is 449. The number of hydrogen-bond acceptors (Lipinski definition) is 3. The summed E-state index contributed by atoms with van der Waals surface area (Å²) in [6, 6.07) is 4.37. The fourth-order valence-corrected chi connectivity index (χ4v) is 1.01. The number of carboxylic acids is 1. The van der Waals surface area contributed by atoms with E-state index >= 15 is 0 Å². The van der Waals surface area contributed by atoms with Gasteiger partial charge in [0.1, 0.15) is 5.82 Å². The van der Waals surface area contributed by atoms with Crippen LogP contribution in [-0.2, 0) is 4.79 Å². The second kappa shape index (κ2) is 5.51. The highest BCUT2D eigenvalue weighted by Gasteiger charge is 2.07. The monoisotopic (exact) mass is 218 g/mol. The van der Waals surface area contributed by atoms with E-state index < -0.39 is 5.97 Å². The molecule has 0 aliphatic heterocycles. The van der Waals surface area contributed by atoms with Gasteiger partial charge in [0.2, 0.25) is 5.91 Å². The number of hydrogen-bond donors (Lipinski definition) is 2. The van der Waals surface area contributed by atoms with Crippen LogP contribution >= 0.6 is 0 Å². The molecule has 0 radical (unpaired) electrons. The SMILES string of the molecule is C#CCCC(=O)Nc1cccc(C(=O)O)n1. The van der Waals surface area contributed by atoms with E-state index in [1.165, 1.54) is 18.2 Å². The van der Waals surface area contributed by atoms with E-state index in [4.69, 9.17) is 11.5 Å². The molecule has 0 saturated carbocycles. The van der Waals surface area contributed by atoms with Crippen LogP contribution in [0.5, 0.6) is 0 Å². The molecule has 0 saturated heterocycles. The second-order valence-electron chi connectivity index (χ2n) is 2.97. The zero-order valence-corrected chi connectivity index (χ0v) is 8.43. The van der Waals surface area contributed by atoms with E-state index in [9.17, 15) is 9.59 Å². The molecule has 1 aromatic heterocycles. The maximum absolute atomic E-state index is 11.3. The van der Waals surface area contributed by atoms with Crippen LogP contribution in [0, 0.1) is 12.3 Å². The molecule has 1 heterocycles. The number of aromatic nitrogens is 1.